The van der Waals surface area contributed by atoms with Gasteiger partial charge in [-0.1, -0.05) is 6.07 Å². The molecule has 1 aliphatic rings. The highest BCUT2D eigenvalue weighted by molar-refractivity contribution is 5.95. The van der Waals surface area contributed by atoms with Gasteiger partial charge in [0.05, 0.1) is 18.5 Å². The van der Waals surface area contributed by atoms with Crippen molar-refractivity contribution in [1.29, 1.82) is 0 Å². The van der Waals surface area contributed by atoms with Crippen LogP contribution in [0.15, 0.2) is 41.6 Å². The molecule has 0 spiro atoms. The van der Waals surface area contributed by atoms with Crippen LogP contribution in [-0.4, -0.2) is 34.2 Å². The number of amides is 1. The second-order valence-electron chi connectivity index (χ2n) is 6.74. The van der Waals surface area contributed by atoms with Crippen molar-refractivity contribution in [3.8, 4) is 11.5 Å². The molecule has 4 rings (SSSR count). The molecule has 1 atom stereocenters. The minimum Gasteiger partial charge on any atom is -0.493 e. The third-order valence-corrected chi connectivity index (χ3v) is 4.62. The summed E-state index contributed by atoms with van der Waals surface area (Å²) in [4.78, 5) is 17.0. The van der Waals surface area contributed by atoms with Crippen LogP contribution in [0.4, 0.5) is 0 Å². The maximum Gasteiger partial charge on any atom is 0.290 e. The number of aromatic nitrogens is 2. The Balaban J connectivity index is 1.57. The van der Waals surface area contributed by atoms with E-state index in [-0.39, 0.29) is 12.0 Å². The molecule has 0 fully saturated rings. The van der Waals surface area contributed by atoms with Crippen molar-refractivity contribution in [3.63, 3.8) is 0 Å². The van der Waals surface area contributed by atoms with Gasteiger partial charge in [0, 0.05) is 23.7 Å². The lowest BCUT2D eigenvalue weighted by Gasteiger charge is -2.09. The largest absolute Gasteiger partial charge is 0.493 e. The normalized spacial score (nSPS) is 15.6. The average molecular weight is 378 g/mol. The Labute approximate surface area is 163 Å². The van der Waals surface area contributed by atoms with Crippen molar-refractivity contribution in [2.75, 3.05) is 6.61 Å². The molecule has 3 heterocycles. The lowest BCUT2D eigenvalue weighted by atomic mass is 10.1. The highest BCUT2D eigenvalue weighted by atomic mass is 16.5. The predicted octanol–water partition coefficient (Wildman–Crippen LogP) is 3.13. The van der Waals surface area contributed by atoms with Gasteiger partial charge in [-0.2, -0.15) is 5.10 Å². The van der Waals surface area contributed by atoms with Crippen molar-refractivity contribution in [2.24, 2.45) is 5.10 Å². The van der Waals surface area contributed by atoms with Gasteiger partial charge in [0.25, 0.3) is 5.91 Å². The SMILES string of the molecule is CCOc1cc2c(cc1/C=N\NC(=O)c1c(C)nc3ccccn13)O[C@@H](C)C2. The van der Waals surface area contributed by atoms with Crippen LogP contribution < -0.4 is 14.9 Å². The van der Waals surface area contributed by atoms with Crippen LogP contribution in [0.1, 0.15) is 41.2 Å². The number of hydrogen-bond donors (Lipinski definition) is 1. The van der Waals surface area contributed by atoms with Crippen molar-refractivity contribution >= 4 is 17.8 Å². The molecule has 0 unspecified atom stereocenters. The molecule has 7 heteroatoms. The number of nitrogens with one attached hydrogen (secondary N) is 1. The quantitative estimate of drug-likeness (QED) is 0.547. The molecule has 144 valence electrons. The van der Waals surface area contributed by atoms with Crippen molar-refractivity contribution < 1.29 is 14.3 Å². The van der Waals surface area contributed by atoms with Crippen molar-refractivity contribution in [1.82, 2.24) is 14.8 Å². The Morgan fingerprint density at radius 3 is 3.14 bits per heavy atom. The van der Waals surface area contributed by atoms with Gasteiger partial charge in [-0.05, 0) is 45.0 Å². The number of benzene rings is 1. The van der Waals surface area contributed by atoms with E-state index in [1.54, 1.807) is 23.7 Å². The van der Waals surface area contributed by atoms with Gasteiger partial charge < -0.3 is 9.47 Å². The summed E-state index contributed by atoms with van der Waals surface area (Å²) >= 11 is 0. The number of rotatable bonds is 5. The van der Waals surface area contributed by atoms with Gasteiger partial charge in [-0.15, -0.1) is 0 Å². The number of hydrazone groups is 1. The second-order valence-corrected chi connectivity index (χ2v) is 6.74. The molecular formula is C21H22N4O3. The predicted molar refractivity (Wildman–Crippen MR) is 106 cm³/mol. The second kappa shape index (κ2) is 7.34. The van der Waals surface area contributed by atoms with Gasteiger partial charge in [-0.3, -0.25) is 9.20 Å². The van der Waals surface area contributed by atoms with Crippen LogP contribution in [0.5, 0.6) is 11.5 Å². The summed E-state index contributed by atoms with van der Waals surface area (Å²) in [6.45, 7) is 6.32. The Morgan fingerprint density at radius 1 is 1.46 bits per heavy atom. The fourth-order valence-corrected chi connectivity index (χ4v) is 3.44. The van der Waals surface area contributed by atoms with Crippen LogP contribution in [0.3, 0.4) is 0 Å². The number of nitrogens with zero attached hydrogens (tertiary/aromatic N) is 3. The molecule has 1 N–H and O–H groups in total. The molecule has 3 aromatic rings. The average Bonchev–Trinajstić information content (AvgIpc) is 3.19. The zero-order chi connectivity index (χ0) is 19.7. The molecule has 0 radical (unpaired) electrons. The Bertz CT molecular complexity index is 1070. The number of carbonyl (C=O) groups excluding carboxylic acids is 1. The van der Waals surface area contributed by atoms with E-state index in [2.05, 4.69) is 15.5 Å². The van der Waals surface area contributed by atoms with Crippen LogP contribution >= 0.6 is 0 Å². The van der Waals surface area contributed by atoms with E-state index in [0.29, 0.717) is 18.0 Å². The third-order valence-electron chi connectivity index (χ3n) is 4.62. The Morgan fingerprint density at radius 2 is 2.32 bits per heavy atom. The standard InChI is InChI=1S/C21H22N4O3/c1-4-27-17-10-15-9-13(2)28-18(15)11-16(17)12-22-24-21(26)20-14(3)23-19-7-5-6-8-25(19)20/h5-8,10-13H,4,9H2,1-3H3,(H,24,26)/b22-12-/t13-/m0/s1. The van der Waals surface area contributed by atoms with Crippen LogP contribution in [0, 0.1) is 6.92 Å². The summed E-state index contributed by atoms with van der Waals surface area (Å²) < 4.78 is 13.3. The summed E-state index contributed by atoms with van der Waals surface area (Å²) in [7, 11) is 0. The van der Waals surface area contributed by atoms with E-state index in [0.717, 1.165) is 34.7 Å². The first-order valence-electron chi connectivity index (χ1n) is 9.30. The molecule has 0 aliphatic carbocycles. The summed E-state index contributed by atoms with van der Waals surface area (Å²) in [5.74, 6) is 1.24. The minimum absolute atomic E-state index is 0.148. The molecule has 1 amide bonds. The molecule has 28 heavy (non-hydrogen) atoms. The number of ether oxygens (including phenoxy) is 2. The van der Waals surface area contributed by atoms with E-state index in [4.69, 9.17) is 9.47 Å². The van der Waals surface area contributed by atoms with Crippen molar-refractivity contribution in [3.05, 3.63) is 59.0 Å². The fraction of sp³-hybridized carbons (Fsp3) is 0.286. The molecule has 7 nitrogen and oxygen atoms in total. The topological polar surface area (TPSA) is 77.2 Å². The lowest BCUT2D eigenvalue weighted by molar-refractivity contribution is 0.0948. The van der Waals surface area contributed by atoms with E-state index in [9.17, 15) is 4.79 Å². The zero-order valence-electron chi connectivity index (χ0n) is 16.1. The number of fused-ring (bicyclic) bond motifs is 2. The van der Waals surface area contributed by atoms with Crippen LogP contribution in [-0.2, 0) is 6.42 Å². The van der Waals surface area contributed by atoms with E-state index >= 15 is 0 Å². The molecule has 0 saturated heterocycles. The maximum atomic E-state index is 12.6. The fourth-order valence-electron chi connectivity index (χ4n) is 3.44. The minimum atomic E-state index is -0.323. The first-order valence-corrected chi connectivity index (χ1v) is 9.30. The van der Waals surface area contributed by atoms with Gasteiger partial charge >= 0.3 is 0 Å². The summed E-state index contributed by atoms with van der Waals surface area (Å²) in [5.41, 5.74) is 6.29. The van der Waals surface area contributed by atoms with Gasteiger partial charge in [0.2, 0.25) is 0 Å². The number of hydrogen-bond acceptors (Lipinski definition) is 5. The Hall–Kier alpha value is -3.35. The zero-order valence-corrected chi connectivity index (χ0v) is 16.1. The maximum absolute atomic E-state index is 12.6. The monoisotopic (exact) mass is 378 g/mol. The molecule has 0 saturated carbocycles. The van der Waals surface area contributed by atoms with Crippen LogP contribution in [0.2, 0.25) is 0 Å². The number of aryl methyl sites for hydroxylation is 1. The van der Waals surface area contributed by atoms with Crippen LogP contribution in [0.25, 0.3) is 5.65 Å². The number of pyridine rings is 1. The summed E-state index contributed by atoms with van der Waals surface area (Å²) in [6, 6.07) is 9.48. The van der Waals surface area contributed by atoms with Crippen molar-refractivity contribution in [2.45, 2.75) is 33.3 Å². The van der Waals surface area contributed by atoms with E-state index in [1.807, 2.05) is 44.2 Å². The molecular weight excluding hydrogens is 356 g/mol. The molecule has 0 bridgehead atoms. The van der Waals surface area contributed by atoms with Gasteiger partial charge in [-0.25, -0.2) is 10.4 Å². The van der Waals surface area contributed by atoms with Gasteiger partial charge in [0.15, 0.2) is 0 Å². The highest BCUT2D eigenvalue weighted by Crippen LogP contribution is 2.34. The highest BCUT2D eigenvalue weighted by Gasteiger charge is 2.21. The lowest BCUT2D eigenvalue weighted by Crippen LogP contribution is -2.20. The third kappa shape index (κ3) is 3.31. The molecule has 2 aromatic heterocycles. The smallest absolute Gasteiger partial charge is 0.290 e. The Kier molecular flexibility index (Phi) is 4.73. The van der Waals surface area contributed by atoms with E-state index < -0.39 is 0 Å². The first-order chi connectivity index (χ1) is 13.6. The van der Waals surface area contributed by atoms with Gasteiger partial charge in [0.1, 0.15) is 28.9 Å². The summed E-state index contributed by atoms with van der Waals surface area (Å²) in [5, 5.41) is 4.13. The molecule has 1 aromatic carbocycles. The first kappa shape index (κ1) is 18.0. The number of carbonyl (C=O) groups is 1. The summed E-state index contributed by atoms with van der Waals surface area (Å²) in [6.07, 6.45) is 4.39. The molecule has 1 aliphatic heterocycles. The van der Waals surface area contributed by atoms with E-state index in [1.165, 1.54) is 0 Å². The number of imidazole rings is 1.